The Hall–Kier alpha value is -3.14. The van der Waals surface area contributed by atoms with E-state index in [9.17, 15) is 22.8 Å². The van der Waals surface area contributed by atoms with Crippen LogP contribution in [0.1, 0.15) is 53.5 Å². The van der Waals surface area contributed by atoms with Crippen molar-refractivity contribution in [3.05, 3.63) is 58.3 Å². The average Bonchev–Trinajstić information content (AvgIpc) is 2.95. The van der Waals surface area contributed by atoms with Gasteiger partial charge in [-0.1, -0.05) is 5.92 Å². The van der Waals surface area contributed by atoms with Gasteiger partial charge in [0.2, 0.25) is 0 Å². The molecule has 1 saturated carbocycles. The van der Waals surface area contributed by atoms with Crippen molar-refractivity contribution in [2.75, 3.05) is 11.9 Å². The normalized spacial score (nSPS) is 18.6. The lowest BCUT2D eigenvalue weighted by Gasteiger charge is -2.16. The molecule has 1 fully saturated rings. The molecule has 0 aliphatic heterocycles. The van der Waals surface area contributed by atoms with Crippen LogP contribution in [0.2, 0.25) is 0 Å². The standard InChI is InChI=1S/C24H23F3N2O2/c1-4-5-16-10-14(2)21(15(3)11-16)22-19(30)12-17(23(22)31)8-9-28-20-7-6-18(13-29-20)24(25,26)27/h6-7,10-11,13,17,22H,8-9,12H2,1-3H3,(H,28,29). The summed E-state index contributed by atoms with van der Waals surface area (Å²) >= 11 is 0. The topological polar surface area (TPSA) is 59.1 Å². The van der Waals surface area contributed by atoms with Crippen molar-refractivity contribution in [1.82, 2.24) is 4.98 Å². The molecule has 1 aromatic heterocycles. The van der Waals surface area contributed by atoms with Crippen LogP contribution in [-0.2, 0) is 15.8 Å². The van der Waals surface area contributed by atoms with E-state index in [0.29, 0.717) is 18.8 Å². The molecule has 1 N–H and O–H groups in total. The van der Waals surface area contributed by atoms with E-state index in [-0.39, 0.29) is 18.0 Å². The predicted molar refractivity (Wildman–Crippen MR) is 112 cm³/mol. The first-order chi connectivity index (χ1) is 14.6. The quantitative estimate of drug-likeness (QED) is 0.547. The van der Waals surface area contributed by atoms with Gasteiger partial charge >= 0.3 is 6.18 Å². The number of aromatic nitrogens is 1. The minimum Gasteiger partial charge on any atom is -0.370 e. The third-order valence-corrected chi connectivity index (χ3v) is 5.50. The third kappa shape index (κ3) is 4.96. The minimum absolute atomic E-state index is 0.0943. The van der Waals surface area contributed by atoms with E-state index in [1.54, 1.807) is 6.92 Å². The number of halogens is 3. The van der Waals surface area contributed by atoms with Crippen LogP contribution in [-0.4, -0.2) is 23.1 Å². The Balaban J connectivity index is 1.66. The summed E-state index contributed by atoms with van der Waals surface area (Å²) in [6, 6.07) is 5.99. The van der Waals surface area contributed by atoms with E-state index in [1.807, 2.05) is 26.0 Å². The second-order valence-electron chi connectivity index (χ2n) is 7.75. The fourth-order valence-electron chi connectivity index (χ4n) is 4.09. The van der Waals surface area contributed by atoms with Gasteiger partial charge in [-0.3, -0.25) is 9.59 Å². The molecule has 1 heterocycles. The summed E-state index contributed by atoms with van der Waals surface area (Å²) in [6.07, 6.45) is -3.10. The molecule has 0 radical (unpaired) electrons. The molecular formula is C24H23F3N2O2. The lowest BCUT2D eigenvalue weighted by atomic mass is 9.86. The van der Waals surface area contributed by atoms with Gasteiger partial charge in [0, 0.05) is 30.6 Å². The SMILES string of the molecule is CC#Cc1cc(C)c(C2C(=O)CC(CCNc3ccc(C(F)(F)F)cn3)C2=O)c(C)c1. The molecule has 7 heteroatoms. The van der Waals surface area contributed by atoms with Crippen LogP contribution >= 0.6 is 0 Å². The van der Waals surface area contributed by atoms with E-state index in [4.69, 9.17) is 0 Å². The number of Topliss-reactive ketones (excluding diaryl/α,β-unsaturated/α-hetero) is 2. The van der Waals surface area contributed by atoms with Crippen molar-refractivity contribution in [1.29, 1.82) is 0 Å². The fourth-order valence-corrected chi connectivity index (χ4v) is 4.09. The zero-order valence-corrected chi connectivity index (χ0v) is 17.6. The molecule has 31 heavy (non-hydrogen) atoms. The van der Waals surface area contributed by atoms with Gasteiger partial charge < -0.3 is 5.32 Å². The number of rotatable bonds is 5. The highest BCUT2D eigenvalue weighted by molar-refractivity contribution is 6.15. The minimum atomic E-state index is -4.44. The highest BCUT2D eigenvalue weighted by atomic mass is 19.4. The summed E-state index contributed by atoms with van der Waals surface area (Å²) in [6.45, 7) is 5.85. The van der Waals surface area contributed by atoms with Gasteiger partial charge in [-0.25, -0.2) is 4.98 Å². The molecule has 1 aromatic carbocycles. The predicted octanol–water partition coefficient (Wildman–Crippen LogP) is 4.83. The van der Waals surface area contributed by atoms with Gasteiger partial charge in [-0.05, 0) is 68.1 Å². The Morgan fingerprint density at radius 3 is 2.39 bits per heavy atom. The van der Waals surface area contributed by atoms with Crippen LogP contribution in [0, 0.1) is 31.6 Å². The third-order valence-electron chi connectivity index (χ3n) is 5.50. The van der Waals surface area contributed by atoms with Crippen LogP contribution < -0.4 is 5.32 Å². The Morgan fingerprint density at radius 2 is 1.84 bits per heavy atom. The molecule has 4 nitrogen and oxygen atoms in total. The first kappa shape index (κ1) is 22.5. The number of aryl methyl sites for hydroxylation is 2. The fraction of sp³-hybridized carbons (Fsp3) is 0.375. The van der Waals surface area contributed by atoms with E-state index in [1.165, 1.54) is 6.07 Å². The van der Waals surface area contributed by atoms with Gasteiger partial charge in [0.1, 0.15) is 17.5 Å². The van der Waals surface area contributed by atoms with E-state index >= 15 is 0 Å². The van der Waals surface area contributed by atoms with E-state index < -0.39 is 23.6 Å². The number of carbonyl (C=O) groups is 2. The molecule has 2 aromatic rings. The van der Waals surface area contributed by atoms with Gasteiger partial charge in [0.25, 0.3) is 0 Å². The molecule has 0 saturated heterocycles. The van der Waals surface area contributed by atoms with E-state index in [0.717, 1.165) is 34.5 Å². The zero-order valence-electron chi connectivity index (χ0n) is 17.6. The Bertz CT molecular complexity index is 1040. The summed E-state index contributed by atoms with van der Waals surface area (Å²) in [7, 11) is 0. The number of pyridine rings is 1. The van der Waals surface area contributed by atoms with Crippen molar-refractivity contribution in [3.8, 4) is 11.8 Å². The molecule has 2 atom stereocenters. The van der Waals surface area contributed by atoms with Gasteiger partial charge in [0.05, 0.1) is 5.56 Å². The number of ketones is 2. The molecule has 0 bridgehead atoms. The second kappa shape index (κ2) is 8.93. The lowest BCUT2D eigenvalue weighted by molar-refractivity contribution is -0.137. The summed E-state index contributed by atoms with van der Waals surface area (Å²) in [5.74, 6) is 4.75. The molecule has 0 amide bonds. The molecular weight excluding hydrogens is 405 g/mol. The van der Waals surface area contributed by atoms with Crippen LogP contribution in [0.4, 0.5) is 19.0 Å². The average molecular weight is 428 g/mol. The van der Waals surface area contributed by atoms with Crippen LogP contribution in [0.15, 0.2) is 30.5 Å². The van der Waals surface area contributed by atoms with Crippen molar-refractivity contribution in [3.63, 3.8) is 0 Å². The number of anilines is 1. The first-order valence-electron chi connectivity index (χ1n) is 9.99. The molecule has 2 unspecified atom stereocenters. The molecule has 1 aliphatic rings. The molecule has 0 spiro atoms. The molecule has 3 rings (SSSR count). The summed E-state index contributed by atoms with van der Waals surface area (Å²) in [5.41, 5.74) is 2.54. The van der Waals surface area contributed by atoms with Crippen molar-refractivity contribution < 1.29 is 22.8 Å². The molecule has 1 aliphatic carbocycles. The van der Waals surface area contributed by atoms with Gasteiger partial charge in [0.15, 0.2) is 5.78 Å². The van der Waals surface area contributed by atoms with Crippen molar-refractivity contribution in [2.45, 2.75) is 45.7 Å². The number of carbonyl (C=O) groups excluding carboxylic acids is 2. The second-order valence-corrected chi connectivity index (χ2v) is 7.75. The maximum atomic E-state index is 13.0. The lowest BCUT2D eigenvalue weighted by Crippen LogP contribution is -2.19. The highest BCUT2D eigenvalue weighted by Gasteiger charge is 2.42. The summed E-state index contributed by atoms with van der Waals surface area (Å²) in [4.78, 5) is 29.5. The van der Waals surface area contributed by atoms with Crippen LogP contribution in [0.5, 0.6) is 0 Å². The van der Waals surface area contributed by atoms with Gasteiger partial charge in [-0.2, -0.15) is 13.2 Å². The number of benzene rings is 1. The van der Waals surface area contributed by atoms with Crippen LogP contribution in [0.25, 0.3) is 0 Å². The summed E-state index contributed by atoms with van der Waals surface area (Å²) in [5, 5.41) is 2.93. The number of hydrogen-bond acceptors (Lipinski definition) is 4. The number of alkyl halides is 3. The number of nitrogens with one attached hydrogen (secondary N) is 1. The summed E-state index contributed by atoms with van der Waals surface area (Å²) < 4.78 is 37.8. The zero-order chi connectivity index (χ0) is 22.8. The first-order valence-corrected chi connectivity index (χ1v) is 9.99. The monoisotopic (exact) mass is 428 g/mol. The van der Waals surface area contributed by atoms with Gasteiger partial charge in [-0.15, -0.1) is 5.92 Å². The van der Waals surface area contributed by atoms with Crippen molar-refractivity contribution >= 4 is 17.4 Å². The van der Waals surface area contributed by atoms with Crippen molar-refractivity contribution in [2.24, 2.45) is 5.92 Å². The maximum absolute atomic E-state index is 13.0. The largest absolute Gasteiger partial charge is 0.417 e. The Labute approximate surface area is 179 Å². The smallest absolute Gasteiger partial charge is 0.370 e. The molecule has 162 valence electrons. The Kier molecular flexibility index (Phi) is 6.49. The highest BCUT2D eigenvalue weighted by Crippen LogP contribution is 2.37. The number of nitrogens with zero attached hydrogens (tertiary/aromatic N) is 1. The van der Waals surface area contributed by atoms with E-state index in [2.05, 4.69) is 22.1 Å². The maximum Gasteiger partial charge on any atom is 0.417 e. The number of hydrogen-bond donors (Lipinski definition) is 1. The Morgan fingerprint density at radius 1 is 1.16 bits per heavy atom. The van der Waals surface area contributed by atoms with Crippen LogP contribution in [0.3, 0.4) is 0 Å².